The lowest BCUT2D eigenvalue weighted by atomic mass is 10.1. The lowest BCUT2D eigenvalue weighted by Gasteiger charge is -2.31. The van der Waals surface area contributed by atoms with E-state index in [9.17, 15) is 4.79 Å². The van der Waals surface area contributed by atoms with Crippen LogP contribution in [0.2, 0.25) is 0 Å². The van der Waals surface area contributed by atoms with Crippen molar-refractivity contribution in [2.75, 3.05) is 26.2 Å². The lowest BCUT2D eigenvalue weighted by Crippen LogP contribution is -2.45. The van der Waals surface area contributed by atoms with Gasteiger partial charge in [0, 0.05) is 51.0 Å². The molecule has 0 unspecified atom stereocenters. The average Bonchev–Trinajstić information content (AvgIpc) is 2.85. The van der Waals surface area contributed by atoms with Gasteiger partial charge in [-0.1, -0.05) is 0 Å². The highest BCUT2D eigenvalue weighted by molar-refractivity contribution is 5.67. The molecular weight excluding hydrogens is 256 g/mol. The number of likely N-dealkylation sites (tertiary alicyclic amines) is 1. The second-order valence-corrected chi connectivity index (χ2v) is 5.11. The predicted molar refractivity (Wildman–Crippen MR) is 76.5 cm³/mol. The summed E-state index contributed by atoms with van der Waals surface area (Å²) in [6.07, 6.45) is 4.61. The van der Waals surface area contributed by atoms with Crippen LogP contribution in [-0.2, 0) is 18.2 Å². The Morgan fingerprint density at radius 2 is 2.25 bits per heavy atom. The molecule has 0 saturated carbocycles. The molecule has 0 bridgehead atoms. The van der Waals surface area contributed by atoms with Gasteiger partial charge in [0.15, 0.2) is 0 Å². The summed E-state index contributed by atoms with van der Waals surface area (Å²) in [5.74, 6) is 0. The zero-order valence-corrected chi connectivity index (χ0v) is 12.3. The first kappa shape index (κ1) is 14.8. The molecule has 0 radical (unpaired) electrons. The number of nitrogens with zero attached hydrogens (tertiary/aromatic N) is 3. The summed E-state index contributed by atoms with van der Waals surface area (Å²) in [4.78, 5) is 13.4. The number of hydrogen-bond acceptors (Lipinski definition) is 4. The van der Waals surface area contributed by atoms with Crippen molar-refractivity contribution < 1.29 is 9.53 Å². The maximum Gasteiger partial charge on any atom is 0.409 e. The molecule has 0 spiro atoms. The van der Waals surface area contributed by atoms with E-state index in [0.29, 0.717) is 12.6 Å². The first-order chi connectivity index (χ1) is 9.70. The lowest BCUT2D eigenvalue weighted by molar-refractivity contribution is 0.0951. The fraction of sp³-hybridized carbons (Fsp3) is 0.714. The van der Waals surface area contributed by atoms with Crippen LogP contribution in [0.1, 0.15) is 25.5 Å². The summed E-state index contributed by atoms with van der Waals surface area (Å²) in [6.45, 7) is 4.79. The van der Waals surface area contributed by atoms with Gasteiger partial charge >= 0.3 is 6.09 Å². The van der Waals surface area contributed by atoms with E-state index >= 15 is 0 Å². The summed E-state index contributed by atoms with van der Waals surface area (Å²) in [5, 5.41) is 7.72. The highest BCUT2D eigenvalue weighted by Gasteiger charge is 2.22. The van der Waals surface area contributed by atoms with Gasteiger partial charge < -0.3 is 15.0 Å². The number of carbonyl (C=O) groups is 1. The molecule has 1 saturated heterocycles. The number of rotatable bonds is 5. The minimum absolute atomic E-state index is 0.180. The zero-order chi connectivity index (χ0) is 14.4. The monoisotopic (exact) mass is 280 g/mol. The van der Waals surface area contributed by atoms with E-state index < -0.39 is 0 Å². The Labute approximate surface area is 120 Å². The SMILES string of the molecule is CCOC(=O)N1CCC(NCCc2ccnn2C)CC1. The molecule has 1 aliphatic heterocycles. The maximum absolute atomic E-state index is 11.6. The summed E-state index contributed by atoms with van der Waals surface area (Å²) in [6, 6.07) is 2.54. The van der Waals surface area contributed by atoms with Gasteiger partial charge in [-0.15, -0.1) is 0 Å². The Hall–Kier alpha value is -1.56. The molecule has 20 heavy (non-hydrogen) atoms. The number of aryl methyl sites for hydroxylation is 1. The van der Waals surface area contributed by atoms with Gasteiger partial charge in [0.1, 0.15) is 0 Å². The van der Waals surface area contributed by atoms with Crippen molar-refractivity contribution in [1.82, 2.24) is 20.0 Å². The Balaban J connectivity index is 1.65. The molecule has 2 heterocycles. The van der Waals surface area contributed by atoms with Crippen LogP contribution in [0.25, 0.3) is 0 Å². The van der Waals surface area contributed by atoms with E-state index in [1.165, 1.54) is 5.69 Å². The average molecular weight is 280 g/mol. The molecule has 6 heteroatoms. The minimum atomic E-state index is -0.180. The molecule has 112 valence electrons. The largest absolute Gasteiger partial charge is 0.450 e. The van der Waals surface area contributed by atoms with Crippen LogP contribution in [0.3, 0.4) is 0 Å². The molecule has 6 nitrogen and oxygen atoms in total. The number of ether oxygens (including phenoxy) is 1. The van der Waals surface area contributed by atoms with Crippen molar-refractivity contribution in [1.29, 1.82) is 0 Å². The van der Waals surface area contributed by atoms with Crippen molar-refractivity contribution in [3.8, 4) is 0 Å². The van der Waals surface area contributed by atoms with Gasteiger partial charge in [0.25, 0.3) is 0 Å². The third-order valence-corrected chi connectivity index (χ3v) is 3.76. The second-order valence-electron chi connectivity index (χ2n) is 5.11. The van der Waals surface area contributed by atoms with Gasteiger partial charge in [-0.3, -0.25) is 4.68 Å². The molecule has 1 fully saturated rings. The van der Waals surface area contributed by atoms with E-state index in [2.05, 4.69) is 10.4 Å². The van der Waals surface area contributed by atoms with Crippen LogP contribution < -0.4 is 5.32 Å². The van der Waals surface area contributed by atoms with E-state index in [1.807, 2.05) is 30.9 Å². The molecule has 0 atom stereocenters. The molecule has 1 aromatic heterocycles. The Kier molecular flexibility index (Phi) is 5.40. The van der Waals surface area contributed by atoms with Gasteiger partial charge in [0.2, 0.25) is 0 Å². The zero-order valence-electron chi connectivity index (χ0n) is 12.3. The first-order valence-electron chi connectivity index (χ1n) is 7.32. The van der Waals surface area contributed by atoms with Crippen LogP contribution in [0.4, 0.5) is 4.79 Å². The number of carbonyl (C=O) groups excluding carboxylic acids is 1. The Bertz CT molecular complexity index is 425. The van der Waals surface area contributed by atoms with Crippen LogP contribution in [0, 0.1) is 0 Å². The summed E-state index contributed by atoms with van der Waals surface area (Å²) in [7, 11) is 1.97. The van der Waals surface area contributed by atoms with Gasteiger partial charge in [-0.05, 0) is 25.8 Å². The molecule has 1 N–H and O–H groups in total. The third-order valence-electron chi connectivity index (χ3n) is 3.76. The van der Waals surface area contributed by atoms with E-state index in [0.717, 1.165) is 38.9 Å². The fourth-order valence-corrected chi connectivity index (χ4v) is 2.53. The molecular formula is C14H24N4O2. The number of aromatic nitrogens is 2. The van der Waals surface area contributed by atoms with Crippen molar-refractivity contribution in [3.63, 3.8) is 0 Å². The summed E-state index contributed by atoms with van der Waals surface area (Å²) >= 11 is 0. The second kappa shape index (κ2) is 7.28. The van der Waals surface area contributed by atoms with E-state index in [4.69, 9.17) is 4.74 Å². The fourth-order valence-electron chi connectivity index (χ4n) is 2.53. The standard InChI is InChI=1S/C14H24N4O2/c1-3-20-14(19)18-10-6-12(7-11-18)15-8-4-13-5-9-16-17(13)2/h5,9,12,15H,3-4,6-8,10-11H2,1-2H3. The van der Waals surface area contributed by atoms with Gasteiger partial charge in [0.05, 0.1) is 6.61 Å². The highest BCUT2D eigenvalue weighted by Crippen LogP contribution is 2.11. The number of nitrogens with one attached hydrogen (secondary N) is 1. The topological polar surface area (TPSA) is 59.4 Å². The highest BCUT2D eigenvalue weighted by atomic mass is 16.6. The molecule has 1 amide bonds. The number of hydrogen-bond donors (Lipinski definition) is 1. The van der Waals surface area contributed by atoms with Gasteiger partial charge in [-0.25, -0.2) is 4.79 Å². The summed E-state index contributed by atoms with van der Waals surface area (Å²) in [5.41, 5.74) is 1.24. The van der Waals surface area contributed by atoms with Crippen molar-refractivity contribution in [3.05, 3.63) is 18.0 Å². The molecule has 0 aromatic carbocycles. The number of amides is 1. The Morgan fingerprint density at radius 1 is 1.50 bits per heavy atom. The molecule has 1 aliphatic rings. The van der Waals surface area contributed by atoms with Gasteiger partial charge in [-0.2, -0.15) is 5.10 Å². The molecule has 1 aromatic rings. The van der Waals surface area contributed by atoms with Crippen LogP contribution in [0.15, 0.2) is 12.3 Å². The smallest absolute Gasteiger partial charge is 0.409 e. The molecule has 0 aliphatic carbocycles. The normalized spacial score (nSPS) is 16.4. The molecule has 2 rings (SSSR count). The van der Waals surface area contributed by atoms with E-state index in [-0.39, 0.29) is 6.09 Å². The summed E-state index contributed by atoms with van der Waals surface area (Å²) < 4.78 is 6.92. The third kappa shape index (κ3) is 3.96. The maximum atomic E-state index is 11.6. The van der Waals surface area contributed by atoms with Crippen molar-refractivity contribution >= 4 is 6.09 Å². The van der Waals surface area contributed by atoms with Crippen molar-refractivity contribution in [2.45, 2.75) is 32.2 Å². The van der Waals surface area contributed by atoms with Crippen LogP contribution >= 0.6 is 0 Å². The Morgan fingerprint density at radius 3 is 2.85 bits per heavy atom. The van der Waals surface area contributed by atoms with Crippen LogP contribution in [-0.4, -0.2) is 53.1 Å². The quantitative estimate of drug-likeness (QED) is 0.879. The van der Waals surface area contributed by atoms with Crippen LogP contribution in [0.5, 0.6) is 0 Å². The van der Waals surface area contributed by atoms with Crippen molar-refractivity contribution in [2.24, 2.45) is 7.05 Å². The number of piperidine rings is 1. The predicted octanol–water partition coefficient (Wildman–Crippen LogP) is 1.17. The van der Waals surface area contributed by atoms with E-state index in [1.54, 1.807) is 4.90 Å². The first-order valence-corrected chi connectivity index (χ1v) is 7.32. The minimum Gasteiger partial charge on any atom is -0.450 e.